The molecule has 168 valence electrons. The fourth-order valence-electron chi connectivity index (χ4n) is 3.53. The van der Waals surface area contributed by atoms with Gasteiger partial charge >= 0.3 is 0 Å². The van der Waals surface area contributed by atoms with Crippen LogP contribution in [0.5, 0.6) is 17.2 Å². The quantitative estimate of drug-likeness (QED) is 0.397. The highest BCUT2D eigenvalue weighted by molar-refractivity contribution is 7.13. The second kappa shape index (κ2) is 9.75. The Labute approximate surface area is 196 Å². The van der Waals surface area contributed by atoms with E-state index in [1.165, 1.54) is 18.4 Å². The van der Waals surface area contributed by atoms with E-state index in [0.717, 1.165) is 27.4 Å². The van der Waals surface area contributed by atoms with Crippen molar-refractivity contribution in [1.82, 2.24) is 4.57 Å². The summed E-state index contributed by atoms with van der Waals surface area (Å²) in [7, 11) is 6.66. The van der Waals surface area contributed by atoms with Crippen LogP contribution < -0.4 is 19.0 Å². The van der Waals surface area contributed by atoms with Gasteiger partial charge in [-0.05, 0) is 53.6 Å². The zero-order chi connectivity index (χ0) is 23.4. The van der Waals surface area contributed by atoms with Crippen molar-refractivity contribution in [3.05, 3.63) is 83.2 Å². The van der Waals surface area contributed by atoms with Gasteiger partial charge in [-0.25, -0.2) is 0 Å². The molecule has 0 atom stereocenters. The van der Waals surface area contributed by atoms with Crippen molar-refractivity contribution in [1.29, 1.82) is 0 Å². The van der Waals surface area contributed by atoms with Crippen LogP contribution in [0.25, 0.3) is 21.7 Å². The van der Waals surface area contributed by atoms with E-state index in [1.807, 2.05) is 54.1 Å². The number of hydrogen-bond donors (Lipinski definition) is 0. The fraction of sp³-hybridized carbons (Fsp3) is 0.154. The van der Waals surface area contributed by atoms with E-state index in [0.29, 0.717) is 21.9 Å². The average molecular weight is 461 g/mol. The molecule has 3 aromatic carbocycles. The molecule has 33 heavy (non-hydrogen) atoms. The first-order chi connectivity index (χ1) is 16.0. The van der Waals surface area contributed by atoms with E-state index in [1.54, 1.807) is 32.4 Å². The van der Waals surface area contributed by atoms with Crippen LogP contribution in [0, 0.1) is 0 Å². The number of benzene rings is 3. The maximum Gasteiger partial charge on any atom is 0.279 e. The summed E-state index contributed by atoms with van der Waals surface area (Å²) in [6.07, 6.45) is 0. The number of nitrogens with zero attached hydrogens (tertiary/aromatic N) is 2. The molecule has 0 aliphatic rings. The maximum atomic E-state index is 13.0. The Kier molecular flexibility index (Phi) is 6.60. The van der Waals surface area contributed by atoms with Crippen molar-refractivity contribution in [3.8, 4) is 38.9 Å². The molecule has 0 saturated heterocycles. The van der Waals surface area contributed by atoms with Crippen molar-refractivity contribution in [2.75, 3.05) is 21.3 Å². The van der Waals surface area contributed by atoms with Gasteiger partial charge in [0.05, 0.1) is 31.9 Å². The highest BCUT2D eigenvalue weighted by Gasteiger charge is 2.17. The van der Waals surface area contributed by atoms with E-state index in [-0.39, 0.29) is 5.91 Å². The van der Waals surface area contributed by atoms with Gasteiger partial charge in [-0.15, -0.1) is 0 Å². The highest BCUT2D eigenvalue weighted by Crippen LogP contribution is 2.35. The minimum Gasteiger partial charge on any atom is -0.497 e. The molecule has 0 spiro atoms. The van der Waals surface area contributed by atoms with Crippen molar-refractivity contribution >= 4 is 17.2 Å². The van der Waals surface area contributed by atoms with E-state index in [9.17, 15) is 4.79 Å². The third-order valence-corrected chi connectivity index (χ3v) is 6.44. The fourth-order valence-corrected chi connectivity index (χ4v) is 4.68. The van der Waals surface area contributed by atoms with Gasteiger partial charge in [-0.1, -0.05) is 41.7 Å². The molecule has 0 bridgehead atoms. The SMILES string of the molecule is COc1ccc(-c2c(-c3ccccc3)sc(=NC(=O)c3ccc(OC)c(OC)c3)n2C)cc1. The summed E-state index contributed by atoms with van der Waals surface area (Å²) < 4.78 is 17.8. The Morgan fingerprint density at radius 3 is 2.15 bits per heavy atom. The Morgan fingerprint density at radius 2 is 1.52 bits per heavy atom. The molecule has 4 rings (SSSR count). The third-order valence-electron chi connectivity index (χ3n) is 5.26. The van der Waals surface area contributed by atoms with Gasteiger partial charge in [0.2, 0.25) is 0 Å². The summed E-state index contributed by atoms with van der Waals surface area (Å²) in [5.41, 5.74) is 3.47. The normalized spacial score (nSPS) is 11.3. The van der Waals surface area contributed by atoms with Gasteiger partial charge in [0, 0.05) is 12.6 Å². The minimum absolute atomic E-state index is 0.353. The van der Waals surface area contributed by atoms with Crippen LogP contribution in [-0.4, -0.2) is 31.8 Å². The average Bonchev–Trinajstić information content (AvgIpc) is 3.19. The molecule has 4 aromatic rings. The number of ether oxygens (including phenoxy) is 3. The zero-order valence-corrected chi connectivity index (χ0v) is 19.7. The first kappa shape index (κ1) is 22.4. The summed E-state index contributed by atoms with van der Waals surface area (Å²) in [5.74, 6) is 1.47. The standard InChI is InChI=1S/C26H24N2O4S/c1-28-23(17-10-13-20(30-2)14-11-17)24(18-8-6-5-7-9-18)33-26(28)27-25(29)19-12-15-21(31-3)22(16-19)32-4/h5-16H,1-4H3. The largest absolute Gasteiger partial charge is 0.497 e. The summed E-state index contributed by atoms with van der Waals surface area (Å²) in [6, 6.07) is 23.0. The number of amides is 1. The minimum atomic E-state index is -0.353. The van der Waals surface area contributed by atoms with Crippen molar-refractivity contribution in [2.45, 2.75) is 0 Å². The van der Waals surface area contributed by atoms with Crippen LogP contribution >= 0.6 is 11.3 Å². The summed E-state index contributed by atoms with van der Waals surface area (Å²) in [4.78, 5) is 19.1. The van der Waals surface area contributed by atoms with E-state index in [2.05, 4.69) is 17.1 Å². The predicted molar refractivity (Wildman–Crippen MR) is 130 cm³/mol. The van der Waals surface area contributed by atoms with Crippen molar-refractivity contribution in [3.63, 3.8) is 0 Å². The molecule has 0 aliphatic heterocycles. The molecule has 0 unspecified atom stereocenters. The molecule has 0 radical (unpaired) electrons. The van der Waals surface area contributed by atoms with Crippen LogP contribution in [0.2, 0.25) is 0 Å². The van der Waals surface area contributed by atoms with Gasteiger partial charge in [0.15, 0.2) is 16.3 Å². The Hall–Kier alpha value is -3.84. The monoisotopic (exact) mass is 460 g/mol. The van der Waals surface area contributed by atoms with E-state index in [4.69, 9.17) is 14.2 Å². The van der Waals surface area contributed by atoms with Gasteiger partial charge in [0.1, 0.15) is 5.75 Å². The molecule has 0 N–H and O–H groups in total. The Morgan fingerprint density at radius 1 is 0.818 bits per heavy atom. The number of aromatic nitrogens is 1. The van der Waals surface area contributed by atoms with Crippen molar-refractivity contribution < 1.29 is 19.0 Å². The molecule has 1 amide bonds. The molecule has 0 aliphatic carbocycles. The number of thiazole rings is 1. The maximum absolute atomic E-state index is 13.0. The van der Waals surface area contributed by atoms with E-state index >= 15 is 0 Å². The molecule has 7 heteroatoms. The number of methoxy groups -OCH3 is 3. The second-order valence-electron chi connectivity index (χ2n) is 7.20. The third kappa shape index (κ3) is 4.54. The number of hydrogen-bond acceptors (Lipinski definition) is 5. The Bertz CT molecular complexity index is 1340. The summed E-state index contributed by atoms with van der Waals surface area (Å²) in [6.45, 7) is 0. The van der Waals surface area contributed by atoms with Crippen molar-refractivity contribution in [2.24, 2.45) is 12.0 Å². The first-order valence-corrected chi connectivity index (χ1v) is 11.1. The van der Waals surface area contributed by atoms with E-state index < -0.39 is 0 Å². The lowest BCUT2D eigenvalue weighted by atomic mass is 10.1. The summed E-state index contributed by atoms with van der Waals surface area (Å²) >= 11 is 1.47. The van der Waals surface area contributed by atoms with Gasteiger partial charge in [-0.2, -0.15) is 4.99 Å². The Balaban J connectivity index is 1.84. The molecular weight excluding hydrogens is 436 g/mol. The summed E-state index contributed by atoms with van der Waals surface area (Å²) in [5, 5.41) is 0. The second-order valence-corrected chi connectivity index (χ2v) is 8.18. The highest BCUT2D eigenvalue weighted by atomic mass is 32.1. The van der Waals surface area contributed by atoms with Crippen LogP contribution in [0.3, 0.4) is 0 Å². The predicted octanol–water partition coefficient (Wildman–Crippen LogP) is 5.19. The van der Waals surface area contributed by atoms with Gasteiger partial charge in [-0.3, -0.25) is 4.79 Å². The lowest BCUT2D eigenvalue weighted by Gasteiger charge is -2.08. The first-order valence-electron chi connectivity index (χ1n) is 10.3. The smallest absolute Gasteiger partial charge is 0.279 e. The van der Waals surface area contributed by atoms with Crippen LogP contribution in [0.15, 0.2) is 77.8 Å². The number of carbonyl (C=O) groups excluding carboxylic acids is 1. The molecule has 1 aromatic heterocycles. The molecule has 0 saturated carbocycles. The molecule has 1 heterocycles. The van der Waals surface area contributed by atoms with Crippen LogP contribution in [0.1, 0.15) is 10.4 Å². The lowest BCUT2D eigenvalue weighted by Crippen LogP contribution is -2.14. The van der Waals surface area contributed by atoms with Gasteiger partial charge in [0.25, 0.3) is 5.91 Å². The lowest BCUT2D eigenvalue weighted by molar-refractivity contribution is 0.0997. The molecular formula is C26H24N2O4S. The topological polar surface area (TPSA) is 62.1 Å². The molecule has 0 fully saturated rings. The van der Waals surface area contributed by atoms with Gasteiger partial charge < -0.3 is 18.8 Å². The molecule has 6 nitrogen and oxygen atoms in total. The number of rotatable bonds is 6. The van der Waals surface area contributed by atoms with Crippen LogP contribution in [0.4, 0.5) is 0 Å². The van der Waals surface area contributed by atoms with Crippen LogP contribution in [-0.2, 0) is 7.05 Å². The zero-order valence-electron chi connectivity index (χ0n) is 18.9. The number of carbonyl (C=O) groups is 1.